The lowest BCUT2D eigenvalue weighted by Crippen LogP contribution is -2.33. The molecule has 0 bridgehead atoms. The molecule has 4 heterocycles. The Hall–Kier alpha value is -2.26. The summed E-state index contributed by atoms with van der Waals surface area (Å²) in [4.78, 5) is 29.3. The van der Waals surface area contributed by atoms with E-state index in [2.05, 4.69) is 15.5 Å². The van der Waals surface area contributed by atoms with Crippen molar-refractivity contribution in [1.82, 2.24) is 29.9 Å². The van der Waals surface area contributed by atoms with Crippen LogP contribution in [-0.4, -0.2) is 76.7 Å². The maximum absolute atomic E-state index is 12.7. The molecule has 2 aliphatic rings. The zero-order valence-electron chi connectivity index (χ0n) is 17.1. The van der Waals surface area contributed by atoms with E-state index in [9.17, 15) is 9.59 Å². The number of carbonyl (C=O) groups is 2. The van der Waals surface area contributed by atoms with Crippen molar-refractivity contribution < 1.29 is 9.59 Å². The van der Waals surface area contributed by atoms with Crippen LogP contribution in [0.1, 0.15) is 46.1 Å². The van der Waals surface area contributed by atoms with Gasteiger partial charge in [-0.25, -0.2) is 0 Å². The van der Waals surface area contributed by atoms with E-state index >= 15 is 0 Å². The number of aromatic nitrogens is 3. The third-order valence-electron chi connectivity index (χ3n) is 6.11. The summed E-state index contributed by atoms with van der Waals surface area (Å²) in [6.45, 7) is 3.66. The van der Waals surface area contributed by atoms with Crippen molar-refractivity contribution in [2.24, 2.45) is 5.41 Å². The van der Waals surface area contributed by atoms with Gasteiger partial charge in [-0.2, -0.15) is 11.3 Å². The average Bonchev–Trinajstić information content (AvgIpc) is 3.42. The summed E-state index contributed by atoms with van der Waals surface area (Å²) in [5.74, 6) is 1.25. The Morgan fingerprint density at radius 3 is 2.83 bits per heavy atom. The van der Waals surface area contributed by atoms with Crippen molar-refractivity contribution in [3.05, 3.63) is 34.0 Å². The van der Waals surface area contributed by atoms with Gasteiger partial charge in [0.25, 0.3) is 11.8 Å². The standard InChI is InChI=1S/C20H28N6O2S/c1-24(2)11-8-21-18(27)17-23-22-16-3-5-20(7-10-26(16)17)6-9-25(14-20)19(28)15-4-12-29-13-15/h4,12-13H,3,5-11,14H2,1-2H3,(H,21,27)/t20-/m0/s1. The van der Waals surface area contributed by atoms with Crippen LogP contribution >= 0.6 is 11.3 Å². The number of aryl methyl sites for hydroxylation is 1. The van der Waals surface area contributed by atoms with Crippen molar-refractivity contribution in [2.75, 3.05) is 40.3 Å². The van der Waals surface area contributed by atoms with E-state index in [1.54, 1.807) is 11.3 Å². The maximum atomic E-state index is 12.7. The Morgan fingerprint density at radius 2 is 2.07 bits per heavy atom. The van der Waals surface area contributed by atoms with E-state index in [0.29, 0.717) is 12.4 Å². The van der Waals surface area contributed by atoms with Gasteiger partial charge in [-0.05, 0) is 50.2 Å². The lowest BCUT2D eigenvalue weighted by atomic mass is 9.80. The van der Waals surface area contributed by atoms with Crippen molar-refractivity contribution >= 4 is 23.2 Å². The highest BCUT2D eigenvalue weighted by Gasteiger charge is 2.41. The number of hydrogen-bond acceptors (Lipinski definition) is 6. The molecule has 29 heavy (non-hydrogen) atoms. The molecule has 1 spiro atoms. The summed E-state index contributed by atoms with van der Waals surface area (Å²) in [6, 6.07) is 1.90. The number of fused-ring (bicyclic) bond motifs is 1. The summed E-state index contributed by atoms with van der Waals surface area (Å²) in [5, 5.41) is 15.2. The third-order valence-corrected chi connectivity index (χ3v) is 6.80. The molecule has 0 saturated carbocycles. The first-order chi connectivity index (χ1) is 14.0. The van der Waals surface area contributed by atoms with Gasteiger partial charge in [-0.15, -0.1) is 10.2 Å². The number of rotatable bonds is 5. The number of hydrogen-bond donors (Lipinski definition) is 1. The molecule has 0 unspecified atom stereocenters. The van der Waals surface area contributed by atoms with Crippen molar-refractivity contribution in [3.8, 4) is 0 Å². The first-order valence-corrected chi connectivity index (χ1v) is 11.1. The van der Waals surface area contributed by atoms with Crippen LogP contribution < -0.4 is 5.32 Å². The Morgan fingerprint density at radius 1 is 1.24 bits per heavy atom. The molecule has 2 aromatic heterocycles. The molecule has 2 amide bonds. The third kappa shape index (κ3) is 4.20. The molecule has 0 aliphatic carbocycles. The molecule has 4 rings (SSSR count). The fourth-order valence-electron chi connectivity index (χ4n) is 4.33. The highest BCUT2D eigenvalue weighted by molar-refractivity contribution is 7.08. The topological polar surface area (TPSA) is 83.4 Å². The van der Waals surface area contributed by atoms with E-state index in [0.717, 1.165) is 63.3 Å². The predicted molar refractivity (Wildman–Crippen MR) is 111 cm³/mol. The molecule has 2 aliphatic heterocycles. The summed E-state index contributed by atoms with van der Waals surface area (Å²) >= 11 is 1.55. The first-order valence-electron chi connectivity index (χ1n) is 10.1. The lowest BCUT2D eigenvalue weighted by molar-refractivity contribution is 0.0767. The van der Waals surface area contributed by atoms with E-state index in [4.69, 9.17) is 0 Å². The monoisotopic (exact) mass is 416 g/mol. The van der Waals surface area contributed by atoms with Crippen LogP contribution in [0.15, 0.2) is 16.8 Å². The van der Waals surface area contributed by atoms with Gasteiger partial charge in [0.2, 0.25) is 5.82 Å². The number of nitrogens with zero attached hydrogens (tertiary/aromatic N) is 5. The minimum atomic E-state index is -0.165. The normalized spacial score (nSPS) is 21.4. The summed E-state index contributed by atoms with van der Waals surface area (Å²) in [7, 11) is 3.95. The Balaban J connectivity index is 1.41. The fourth-order valence-corrected chi connectivity index (χ4v) is 4.96. The number of carbonyl (C=O) groups excluding carboxylic acids is 2. The molecule has 1 fully saturated rings. The molecule has 8 nitrogen and oxygen atoms in total. The van der Waals surface area contributed by atoms with Gasteiger partial charge in [0.05, 0.1) is 5.56 Å². The average molecular weight is 417 g/mol. The number of likely N-dealkylation sites (N-methyl/N-ethyl adjacent to an activating group) is 1. The van der Waals surface area contributed by atoms with E-state index < -0.39 is 0 Å². The van der Waals surface area contributed by atoms with Crippen LogP contribution in [0.2, 0.25) is 0 Å². The van der Waals surface area contributed by atoms with Gasteiger partial charge >= 0.3 is 0 Å². The van der Waals surface area contributed by atoms with Crippen molar-refractivity contribution in [2.45, 2.75) is 32.2 Å². The van der Waals surface area contributed by atoms with Crippen LogP contribution in [0.5, 0.6) is 0 Å². The van der Waals surface area contributed by atoms with Crippen LogP contribution in [0.4, 0.5) is 0 Å². The van der Waals surface area contributed by atoms with Gasteiger partial charge < -0.3 is 19.7 Å². The lowest BCUT2D eigenvalue weighted by Gasteiger charge is -2.27. The smallest absolute Gasteiger partial charge is 0.289 e. The molecule has 2 aromatic rings. The Labute approximate surface area is 174 Å². The zero-order chi connectivity index (χ0) is 20.4. The summed E-state index contributed by atoms with van der Waals surface area (Å²) in [6.07, 6.45) is 3.70. The number of likely N-dealkylation sites (tertiary alicyclic amines) is 1. The molecule has 156 valence electrons. The largest absolute Gasteiger partial charge is 0.348 e. The highest BCUT2D eigenvalue weighted by atomic mass is 32.1. The molecular formula is C20H28N6O2S. The minimum absolute atomic E-state index is 0.102. The number of amides is 2. The van der Waals surface area contributed by atoms with Gasteiger partial charge in [0, 0.05) is 44.5 Å². The van der Waals surface area contributed by atoms with Crippen LogP contribution in [0.3, 0.4) is 0 Å². The molecule has 0 radical (unpaired) electrons. The predicted octanol–water partition coefficient (Wildman–Crippen LogP) is 1.50. The highest BCUT2D eigenvalue weighted by Crippen LogP contribution is 2.41. The molecule has 9 heteroatoms. The van der Waals surface area contributed by atoms with Crippen LogP contribution in [0.25, 0.3) is 0 Å². The number of thiophene rings is 1. The fraction of sp³-hybridized carbons (Fsp3) is 0.600. The van der Waals surface area contributed by atoms with Crippen molar-refractivity contribution in [3.63, 3.8) is 0 Å². The first kappa shape index (κ1) is 20.0. The molecule has 1 atom stereocenters. The molecular weight excluding hydrogens is 388 g/mol. The second-order valence-corrected chi connectivity index (χ2v) is 9.17. The van der Waals surface area contributed by atoms with Crippen LogP contribution in [0, 0.1) is 5.41 Å². The van der Waals surface area contributed by atoms with E-state index in [1.165, 1.54) is 0 Å². The summed E-state index contributed by atoms with van der Waals surface area (Å²) in [5.41, 5.74) is 0.889. The van der Waals surface area contributed by atoms with E-state index in [1.807, 2.05) is 45.3 Å². The van der Waals surface area contributed by atoms with Gasteiger partial charge in [0.15, 0.2) is 0 Å². The Kier molecular flexibility index (Phi) is 5.69. The van der Waals surface area contributed by atoms with E-state index in [-0.39, 0.29) is 17.2 Å². The molecule has 0 aromatic carbocycles. The minimum Gasteiger partial charge on any atom is -0.348 e. The quantitative estimate of drug-likeness (QED) is 0.799. The zero-order valence-corrected chi connectivity index (χ0v) is 17.9. The molecule has 1 saturated heterocycles. The second-order valence-electron chi connectivity index (χ2n) is 8.39. The number of nitrogens with one attached hydrogen (secondary N) is 1. The SMILES string of the molecule is CN(C)CCNC(=O)c1nnc2n1CC[C@]1(CC2)CCN(C(=O)c2ccsc2)C1. The van der Waals surface area contributed by atoms with Crippen molar-refractivity contribution in [1.29, 1.82) is 0 Å². The van der Waals surface area contributed by atoms with Crippen LogP contribution in [-0.2, 0) is 13.0 Å². The van der Waals surface area contributed by atoms with Gasteiger partial charge in [-0.3, -0.25) is 9.59 Å². The molecule has 1 N–H and O–H groups in total. The maximum Gasteiger partial charge on any atom is 0.289 e. The van der Waals surface area contributed by atoms with Gasteiger partial charge in [0.1, 0.15) is 5.82 Å². The second kappa shape index (κ2) is 8.23. The van der Waals surface area contributed by atoms with Gasteiger partial charge in [-0.1, -0.05) is 0 Å². The Bertz CT molecular complexity index is 878. The summed E-state index contributed by atoms with van der Waals surface area (Å²) < 4.78 is 1.98.